The summed E-state index contributed by atoms with van der Waals surface area (Å²) < 4.78 is 10.4. The minimum Gasteiger partial charge on any atom is -0.458 e. The van der Waals surface area contributed by atoms with Gasteiger partial charge in [0.2, 0.25) is 0 Å². The zero-order valence-electron chi connectivity index (χ0n) is 11.1. The van der Waals surface area contributed by atoms with Crippen LogP contribution < -0.4 is 5.32 Å². The molecule has 8 heteroatoms. The SMILES string of the molecule is O=C(NCc1ccc(-c2cccs2)o1)c1ccc([N+](=O)[O-])o1. The van der Waals surface area contributed by atoms with Gasteiger partial charge in [-0.2, -0.15) is 0 Å². The van der Waals surface area contributed by atoms with Gasteiger partial charge in [-0.3, -0.25) is 14.9 Å². The van der Waals surface area contributed by atoms with Crippen LogP contribution in [0.5, 0.6) is 0 Å². The Morgan fingerprint density at radius 3 is 2.77 bits per heavy atom. The third-order valence-corrected chi connectivity index (χ3v) is 3.73. The molecule has 3 aromatic rings. The van der Waals surface area contributed by atoms with E-state index in [1.165, 1.54) is 6.07 Å². The predicted molar refractivity (Wildman–Crippen MR) is 78.6 cm³/mol. The number of carbonyl (C=O) groups excluding carboxylic acids is 1. The molecular formula is C14H10N2O5S. The van der Waals surface area contributed by atoms with Crippen LogP contribution in [0, 0.1) is 10.1 Å². The highest BCUT2D eigenvalue weighted by Crippen LogP contribution is 2.26. The third-order valence-electron chi connectivity index (χ3n) is 2.84. The number of nitro groups is 1. The number of furan rings is 2. The maximum Gasteiger partial charge on any atom is 0.433 e. The largest absolute Gasteiger partial charge is 0.458 e. The molecule has 1 N–H and O–H groups in total. The summed E-state index contributed by atoms with van der Waals surface area (Å²) in [5, 5.41) is 15.0. The second kappa shape index (κ2) is 5.86. The van der Waals surface area contributed by atoms with Crippen LogP contribution in [0.15, 0.2) is 50.6 Å². The van der Waals surface area contributed by atoms with Crippen molar-refractivity contribution < 1.29 is 18.6 Å². The van der Waals surface area contributed by atoms with Gasteiger partial charge in [-0.1, -0.05) is 6.07 Å². The molecule has 0 aromatic carbocycles. The summed E-state index contributed by atoms with van der Waals surface area (Å²) in [7, 11) is 0. The van der Waals surface area contributed by atoms with Crippen molar-refractivity contribution in [2.75, 3.05) is 0 Å². The average molecular weight is 318 g/mol. The quantitative estimate of drug-likeness (QED) is 0.574. The standard InChI is InChI=1S/C14H10N2O5S/c17-14(11-5-6-13(21-11)16(18)19)15-8-9-3-4-10(20-9)12-2-1-7-22-12/h1-7H,8H2,(H,15,17). The van der Waals surface area contributed by atoms with E-state index in [-0.39, 0.29) is 12.3 Å². The van der Waals surface area contributed by atoms with Crippen LogP contribution in [0.2, 0.25) is 0 Å². The number of carbonyl (C=O) groups is 1. The van der Waals surface area contributed by atoms with Gasteiger partial charge in [-0.05, 0) is 29.6 Å². The Kier molecular flexibility index (Phi) is 3.75. The van der Waals surface area contributed by atoms with E-state index in [0.29, 0.717) is 5.76 Å². The Bertz CT molecular complexity index is 803. The Morgan fingerprint density at radius 1 is 1.23 bits per heavy atom. The first kappa shape index (κ1) is 14.1. The molecule has 0 bridgehead atoms. The first-order valence-corrected chi connectivity index (χ1v) is 7.16. The lowest BCUT2D eigenvalue weighted by Gasteiger charge is -1.99. The smallest absolute Gasteiger partial charge is 0.433 e. The van der Waals surface area contributed by atoms with E-state index in [2.05, 4.69) is 5.32 Å². The molecule has 0 saturated heterocycles. The fourth-order valence-corrected chi connectivity index (χ4v) is 2.51. The van der Waals surface area contributed by atoms with E-state index >= 15 is 0 Å². The van der Waals surface area contributed by atoms with Crippen LogP contribution in [0.25, 0.3) is 10.6 Å². The average Bonchev–Trinajstić information content (AvgIpc) is 3.23. The van der Waals surface area contributed by atoms with Crippen LogP contribution in [-0.2, 0) is 6.54 Å². The molecule has 112 valence electrons. The molecule has 0 unspecified atom stereocenters. The molecule has 7 nitrogen and oxygen atoms in total. The molecule has 0 aliphatic rings. The fourth-order valence-electron chi connectivity index (χ4n) is 1.83. The van der Waals surface area contributed by atoms with Crippen molar-refractivity contribution in [3.8, 4) is 10.6 Å². The molecule has 3 heterocycles. The summed E-state index contributed by atoms with van der Waals surface area (Å²) >= 11 is 1.56. The van der Waals surface area contributed by atoms with Gasteiger partial charge < -0.3 is 14.2 Å². The predicted octanol–water partition coefficient (Wildman–Crippen LogP) is 3.44. The molecule has 0 radical (unpaired) electrons. The molecule has 0 atom stereocenters. The second-order valence-corrected chi connectivity index (χ2v) is 5.27. The molecular weight excluding hydrogens is 308 g/mol. The van der Waals surface area contributed by atoms with Gasteiger partial charge in [0.15, 0.2) is 5.76 Å². The first-order chi connectivity index (χ1) is 10.6. The van der Waals surface area contributed by atoms with Gasteiger partial charge in [0, 0.05) is 0 Å². The molecule has 3 aromatic heterocycles. The lowest BCUT2D eigenvalue weighted by Crippen LogP contribution is -2.21. The molecule has 1 amide bonds. The van der Waals surface area contributed by atoms with E-state index in [4.69, 9.17) is 8.83 Å². The Hall–Kier alpha value is -2.87. The van der Waals surface area contributed by atoms with E-state index in [9.17, 15) is 14.9 Å². The maximum atomic E-state index is 11.8. The van der Waals surface area contributed by atoms with E-state index in [1.54, 1.807) is 17.4 Å². The van der Waals surface area contributed by atoms with Crippen LogP contribution in [0.1, 0.15) is 16.3 Å². The van der Waals surface area contributed by atoms with Crippen LogP contribution in [-0.4, -0.2) is 10.8 Å². The second-order valence-electron chi connectivity index (χ2n) is 4.32. The summed E-state index contributed by atoms with van der Waals surface area (Å²) in [5.41, 5.74) is 0. The Balaban J connectivity index is 1.62. The van der Waals surface area contributed by atoms with Crippen LogP contribution in [0.3, 0.4) is 0 Å². The number of hydrogen-bond donors (Lipinski definition) is 1. The Morgan fingerprint density at radius 2 is 2.09 bits per heavy atom. The number of nitrogens with zero attached hydrogens (tertiary/aromatic N) is 1. The highest BCUT2D eigenvalue weighted by atomic mass is 32.1. The molecule has 22 heavy (non-hydrogen) atoms. The van der Waals surface area contributed by atoms with Crippen molar-refractivity contribution in [2.45, 2.75) is 6.54 Å². The van der Waals surface area contributed by atoms with Crippen molar-refractivity contribution in [1.82, 2.24) is 5.32 Å². The molecule has 0 aliphatic heterocycles. The minimum atomic E-state index is -0.698. The minimum absolute atomic E-state index is 0.114. The molecule has 0 spiro atoms. The molecule has 3 rings (SSSR count). The van der Waals surface area contributed by atoms with Gasteiger partial charge in [0.25, 0.3) is 5.91 Å². The fraction of sp³-hybridized carbons (Fsp3) is 0.0714. The number of rotatable bonds is 5. The van der Waals surface area contributed by atoms with Crippen LogP contribution in [0.4, 0.5) is 5.88 Å². The van der Waals surface area contributed by atoms with Gasteiger partial charge in [-0.25, -0.2) is 0 Å². The van der Waals surface area contributed by atoms with Gasteiger partial charge >= 0.3 is 5.88 Å². The number of thiophene rings is 1. The number of amides is 1. The summed E-state index contributed by atoms with van der Waals surface area (Å²) in [4.78, 5) is 22.6. The zero-order chi connectivity index (χ0) is 15.5. The number of nitrogens with one attached hydrogen (secondary N) is 1. The summed E-state index contributed by atoms with van der Waals surface area (Å²) in [6.45, 7) is 0.165. The summed E-state index contributed by atoms with van der Waals surface area (Å²) in [6.07, 6.45) is 0. The highest BCUT2D eigenvalue weighted by molar-refractivity contribution is 7.13. The maximum absolute atomic E-state index is 11.8. The lowest BCUT2D eigenvalue weighted by molar-refractivity contribution is -0.402. The van der Waals surface area contributed by atoms with Gasteiger partial charge in [0.05, 0.1) is 17.5 Å². The van der Waals surface area contributed by atoms with Gasteiger partial charge in [-0.15, -0.1) is 11.3 Å². The van der Waals surface area contributed by atoms with Crippen molar-refractivity contribution >= 4 is 23.1 Å². The van der Waals surface area contributed by atoms with Crippen molar-refractivity contribution in [3.63, 3.8) is 0 Å². The van der Waals surface area contributed by atoms with E-state index < -0.39 is 16.7 Å². The normalized spacial score (nSPS) is 10.5. The van der Waals surface area contributed by atoms with Crippen molar-refractivity contribution in [3.05, 3.63) is 63.4 Å². The summed E-state index contributed by atoms with van der Waals surface area (Å²) in [5.74, 6) is 0.188. The van der Waals surface area contributed by atoms with Gasteiger partial charge in [0.1, 0.15) is 16.4 Å². The third kappa shape index (κ3) is 2.91. The van der Waals surface area contributed by atoms with Crippen LogP contribution >= 0.6 is 11.3 Å². The topological polar surface area (TPSA) is 98.5 Å². The highest BCUT2D eigenvalue weighted by Gasteiger charge is 2.17. The van der Waals surface area contributed by atoms with Crippen molar-refractivity contribution in [1.29, 1.82) is 0 Å². The number of hydrogen-bond acceptors (Lipinski definition) is 6. The van der Waals surface area contributed by atoms with E-state index in [1.807, 2.05) is 23.6 Å². The molecule has 0 fully saturated rings. The van der Waals surface area contributed by atoms with Crippen molar-refractivity contribution in [2.24, 2.45) is 0 Å². The molecule has 0 aliphatic carbocycles. The first-order valence-electron chi connectivity index (χ1n) is 6.28. The molecule has 0 saturated carbocycles. The monoisotopic (exact) mass is 318 g/mol. The summed E-state index contributed by atoms with van der Waals surface area (Å²) in [6, 6.07) is 9.84. The lowest BCUT2D eigenvalue weighted by atomic mass is 10.3. The van der Waals surface area contributed by atoms with E-state index in [0.717, 1.165) is 16.7 Å². The zero-order valence-corrected chi connectivity index (χ0v) is 12.0. The Labute approximate surface area is 128 Å².